The molecule has 2 N–H and O–H groups in total. The molecule has 242 valence electrons. The Kier molecular flexibility index (Phi) is 9.94. The van der Waals surface area contributed by atoms with Crippen molar-refractivity contribution in [3.05, 3.63) is 71.5 Å². The van der Waals surface area contributed by atoms with Crippen molar-refractivity contribution in [1.82, 2.24) is 19.8 Å². The van der Waals surface area contributed by atoms with Gasteiger partial charge in [-0.05, 0) is 89.4 Å². The molecular formula is C35H49N7O2S. The maximum Gasteiger partial charge on any atom is 0.323 e. The monoisotopic (exact) mass is 631 g/mol. The number of amides is 2. The fourth-order valence-corrected chi connectivity index (χ4v) is 7.98. The second kappa shape index (κ2) is 14.1. The van der Waals surface area contributed by atoms with E-state index in [2.05, 4.69) is 107 Å². The number of morpholine rings is 1. The van der Waals surface area contributed by atoms with Crippen LogP contribution in [0.15, 0.2) is 66.0 Å². The molecule has 6 rings (SSSR count). The smallest absolute Gasteiger partial charge is 0.323 e. The number of carbonyl (C=O) groups is 1. The lowest BCUT2D eigenvalue weighted by molar-refractivity contribution is 0.00963. The van der Waals surface area contributed by atoms with Crippen LogP contribution in [0, 0.1) is 0 Å². The number of benzene rings is 2. The second-order valence-electron chi connectivity index (χ2n) is 13.0. The van der Waals surface area contributed by atoms with E-state index in [-0.39, 0.29) is 6.03 Å². The van der Waals surface area contributed by atoms with Gasteiger partial charge in [-0.15, -0.1) is 0 Å². The summed E-state index contributed by atoms with van der Waals surface area (Å²) in [7, 11) is 0. The van der Waals surface area contributed by atoms with Gasteiger partial charge in [0.15, 0.2) is 0 Å². The van der Waals surface area contributed by atoms with Gasteiger partial charge in [0, 0.05) is 79.0 Å². The molecule has 45 heavy (non-hydrogen) atoms. The molecule has 3 saturated heterocycles. The molecule has 2 aromatic rings. The van der Waals surface area contributed by atoms with E-state index in [1.54, 1.807) is 0 Å². The molecule has 10 heteroatoms. The van der Waals surface area contributed by atoms with Crippen molar-refractivity contribution in [1.29, 1.82) is 0 Å². The number of hydrazine groups is 1. The predicted octanol–water partition coefficient (Wildman–Crippen LogP) is 6.52. The van der Waals surface area contributed by atoms with Crippen molar-refractivity contribution in [2.24, 2.45) is 0 Å². The summed E-state index contributed by atoms with van der Waals surface area (Å²) in [4.78, 5) is 21.5. The lowest BCUT2D eigenvalue weighted by atomic mass is 10.2. The minimum absolute atomic E-state index is 0.248. The van der Waals surface area contributed by atoms with E-state index in [4.69, 9.17) is 4.74 Å². The fraction of sp³-hybridized carbons (Fsp3) is 0.514. The highest BCUT2D eigenvalue weighted by molar-refractivity contribution is 8.11. The zero-order valence-electron chi connectivity index (χ0n) is 27.4. The number of anilines is 3. The maximum absolute atomic E-state index is 12.9. The summed E-state index contributed by atoms with van der Waals surface area (Å²) < 4.78 is 5.74. The van der Waals surface area contributed by atoms with Gasteiger partial charge in [-0.3, -0.25) is 9.91 Å². The molecule has 4 aliphatic heterocycles. The Bertz CT molecular complexity index is 1360. The third-order valence-electron chi connectivity index (χ3n) is 9.49. The lowest BCUT2D eigenvalue weighted by Gasteiger charge is -2.42. The highest BCUT2D eigenvalue weighted by atomic mass is 32.2. The Hall–Kier alpha value is -3.18. The van der Waals surface area contributed by atoms with E-state index in [0.717, 1.165) is 62.9 Å². The predicted molar refractivity (Wildman–Crippen MR) is 187 cm³/mol. The van der Waals surface area contributed by atoms with Gasteiger partial charge in [-0.2, -0.15) is 0 Å². The molecule has 0 radical (unpaired) electrons. The van der Waals surface area contributed by atoms with Crippen LogP contribution in [0.2, 0.25) is 0 Å². The highest BCUT2D eigenvalue weighted by Crippen LogP contribution is 2.42. The minimum Gasteiger partial charge on any atom is -0.377 e. The number of urea groups is 1. The van der Waals surface area contributed by atoms with Gasteiger partial charge in [-0.25, -0.2) is 9.80 Å². The van der Waals surface area contributed by atoms with Crippen molar-refractivity contribution < 1.29 is 9.53 Å². The second-order valence-corrected chi connectivity index (χ2v) is 14.1. The van der Waals surface area contributed by atoms with E-state index >= 15 is 0 Å². The molecule has 9 nitrogen and oxygen atoms in total. The third kappa shape index (κ3) is 7.46. The average molecular weight is 632 g/mol. The van der Waals surface area contributed by atoms with Gasteiger partial charge in [0.1, 0.15) is 0 Å². The van der Waals surface area contributed by atoms with Gasteiger partial charge in [-0.1, -0.05) is 23.9 Å². The first-order valence-electron chi connectivity index (χ1n) is 16.5. The average Bonchev–Trinajstić information content (AvgIpc) is 3.39. The first kappa shape index (κ1) is 31.8. The molecule has 0 aromatic heterocycles. The summed E-state index contributed by atoms with van der Waals surface area (Å²) >= 11 is 1.81. The summed E-state index contributed by atoms with van der Waals surface area (Å²) in [5.41, 5.74) is 3.86. The van der Waals surface area contributed by atoms with Crippen LogP contribution in [0.3, 0.4) is 0 Å². The van der Waals surface area contributed by atoms with Crippen molar-refractivity contribution in [2.45, 2.75) is 71.6 Å². The Morgan fingerprint density at radius 3 is 2.04 bits per heavy atom. The zero-order chi connectivity index (χ0) is 31.5. The fourth-order valence-electron chi connectivity index (χ4n) is 6.79. The van der Waals surface area contributed by atoms with Crippen LogP contribution in [0.1, 0.15) is 53.0 Å². The number of piperazine rings is 1. The molecule has 0 bridgehead atoms. The molecule has 3 fully saturated rings. The number of carbonyl (C=O) groups excluding carboxylic acids is 1. The Balaban J connectivity index is 1.09. The van der Waals surface area contributed by atoms with Crippen LogP contribution in [-0.4, -0.2) is 96.0 Å². The van der Waals surface area contributed by atoms with Crippen LogP contribution in [0.4, 0.5) is 21.9 Å². The molecule has 0 unspecified atom stereocenters. The summed E-state index contributed by atoms with van der Waals surface area (Å²) in [6.07, 6.45) is 6.97. The van der Waals surface area contributed by atoms with Crippen molar-refractivity contribution in [2.75, 3.05) is 61.5 Å². The van der Waals surface area contributed by atoms with Crippen LogP contribution >= 0.6 is 11.8 Å². The zero-order valence-corrected chi connectivity index (χ0v) is 28.2. The highest BCUT2D eigenvalue weighted by Gasteiger charge is 2.34. The molecule has 4 aliphatic rings. The number of nitrogens with zero attached hydrogens (tertiary/aromatic N) is 5. The van der Waals surface area contributed by atoms with E-state index in [0.29, 0.717) is 24.2 Å². The van der Waals surface area contributed by atoms with Crippen LogP contribution in [0.25, 0.3) is 4.91 Å². The van der Waals surface area contributed by atoms with Crippen molar-refractivity contribution >= 4 is 39.8 Å². The molecular weight excluding hydrogens is 582 g/mol. The van der Waals surface area contributed by atoms with Crippen molar-refractivity contribution in [3.63, 3.8) is 0 Å². The van der Waals surface area contributed by atoms with Gasteiger partial charge >= 0.3 is 6.03 Å². The minimum atomic E-state index is -0.248. The topological polar surface area (TPSA) is 66.6 Å². The number of thioether (sulfide) groups is 1. The SMILES string of the molecule is CC(C)N1CCN(c2ccc(NC(=O)Nc3ccc(C4=CN(N5[C@H](C)CC[C@@H]5C)C=C(N5CCOC[C@H]5C)S4)cc3)cc2)CC1. The van der Waals surface area contributed by atoms with Crippen LogP contribution in [-0.2, 0) is 4.74 Å². The molecule has 4 heterocycles. The Labute approximate surface area is 273 Å². The first-order chi connectivity index (χ1) is 21.7. The quantitative estimate of drug-likeness (QED) is 0.359. The Morgan fingerprint density at radius 2 is 1.44 bits per heavy atom. The van der Waals surface area contributed by atoms with Gasteiger partial charge < -0.3 is 25.2 Å². The van der Waals surface area contributed by atoms with E-state index in [9.17, 15) is 4.79 Å². The van der Waals surface area contributed by atoms with Crippen molar-refractivity contribution in [3.8, 4) is 0 Å². The standard InChI is InChI=1S/C35H49N7O2S/c1-25(2)38-16-18-39(19-17-38)32-14-12-31(13-15-32)37-35(43)36-30-10-8-29(9-11-30)33-22-40(42-26(3)6-7-27(42)4)23-34(45-33)41-20-21-44-24-28(41)5/h8-15,22-23,25-28H,6-7,16-21,24H2,1-5H3,(H2,36,37,43)/t26-,27+,28-/m1/s1. The third-order valence-corrected chi connectivity index (χ3v) is 10.6. The van der Waals surface area contributed by atoms with E-state index < -0.39 is 0 Å². The molecule has 2 amide bonds. The summed E-state index contributed by atoms with van der Waals surface area (Å²) in [5, 5.41) is 12.1. The van der Waals surface area contributed by atoms with E-state index in [1.807, 2.05) is 36.0 Å². The number of ether oxygens (including phenoxy) is 1. The molecule has 0 spiro atoms. The van der Waals surface area contributed by atoms with Gasteiger partial charge in [0.2, 0.25) is 0 Å². The maximum atomic E-state index is 12.9. The largest absolute Gasteiger partial charge is 0.377 e. The normalized spacial score (nSPS) is 24.9. The lowest BCUT2D eigenvalue weighted by Crippen LogP contribution is -2.48. The molecule has 2 aromatic carbocycles. The van der Waals surface area contributed by atoms with Crippen LogP contribution in [0.5, 0.6) is 0 Å². The van der Waals surface area contributed by atoms with Gasteiger partial charge in [0.05, 0.1) is 30.5 Å². The summed E-state index contributed by atoms with van der Waals surface area (Å²) in [6.45, 7) is 18.0. The Morgan fingerprint density at radius 1 is 0.822 bits per heavy atom. The summed E-state index contributed by atoms with van der Waals surface area (Å²) in [6, 6.07) is 18.0. The summed E-state index contributed by atoms with van der Waals surface area (Å²) in [5.74, 6) is 0. The van der Waals surface area contributed by atoms with Crippen LogP contribution < -0.4 is 15.5 Å². The number of hydrogen-bond acceptors (Lipinski definition) is 8. The van der Waals surface area contributed by atoms with Gasteiger partial charge in [0.25, 0.3) is 0 Å². The first-order valence-corrected chi connectivity index (χ1v) is 17.4. The van der Waals surface area contributed by atoms with E-state index in [1.165, 1.54) is 28.5 Å². The number of nitrogens with one attached hydrogen (secondary N) is 2. The molecule has 3 atom stereocenters. The number of hydrogen-bond donors (Lipinski definition) is 2. The number of rotatable bonds is 7. The molecule has 0 aliphatic carbocycles. The molecule has 0 saturated carbocycles.